The van der Waals surface area contributed by atoms with E-state index in [1.807, 2.05) is 11.3 Å². The van der Waals surface area contributed by atoms with Gasteiger partial charge >= 0.3 is 0 Å². The highest BCUT2D eigenvalue weighted by molar-refractivity contribution is 7.25. The molecule has 0 atom stereocenters. The second-order valence-electron chi connectivity index (χ2n) is 13.7. The van der Waals surface area contributed by atoms with Crippen molar-refractivity contribution in [3.8, 4) is 22.3 Å². The first-order chi connectivity index (χ1) is 26.3. The van der Waals surface area contributed by atoms with Crippen molar-refractivity contribution >= 4 is 92.1 Å². The average Bonchev–Trinajstić information content (AvgIpc) is 3.80. The van der Waals surface area contributed by atoms with E-state index in [4.69, 9.17) is 4.42 Å². The molecule has 0 N–H and O–H groups in total. The molecule has 2 aromatic heterocycles. The van der Waals surface area contributed by atoms with Crippen LogP contribution in [-0.2, 0) is 0 Å². The number of furan rings is 1. The summed E-state index contributed by atoms with van der Waals surface area (Å²) in [5.41, 5.74) is 9.86. The SMILES string of the molecule is c1ccc(N(c2ccc(-c3cccc4ccccc34)cc2)c2ccc3oc4c5ccccc5cc(-c5ccc6sc7ccccc7c6c5)c4c3c2)cc1. The van der Waals surface area contributed by atoms with Crippen LogP contribution < -0.4 is 4.90 Å². The molecule has 2 heterocycles. The monoisotopic (exact) mass is 693 g/mol. The third kappa shape index (κ3) is 4.86. The summed E-state index contributed by atoms with van der Waals surface area (Å²) in [5, 5.41) is 9.62. The van der Waals surface area contributed by atoms with Crippen molar-refractivity contribution in [3.05, 3.63) is 188 Å². The molecule has 3 heteroatoms. The zero-order valence-corrected chi connectivity index (χ0v) is 29.5. The maximum absolute atomic E-state index is 6.80. The van der Waals surface area contributed by atoms with Gasteiger partial charge in [-0.25, -0.2) is 0 Å². The zero-order chi connectivity index (χ0) is 34.9. The van der Waals surface area contributed by atoms with E-state index in [1.165, 1.54) is 58.6 Å². The quantitative estimate of drug-likeness (QED) is 0.178. The molecule has 2 nitrogen and oxygen atoms in total. The van der Waals surface area contributed by atoms with Gasteiger partial charge in [-0.05, 0) is 105 Å². The minimum atomic E-state index is 0.878. The molecule has 0 unspecified atom stereocenters. The van der Waals surface area contributed by atoms with E-state index in [0.717, 1.165) is 44.4 Å². The van der Waals surface area contributed by atoms with E-state index in [9.17, 15) is 0 Å². The first-order valence-electron chi connectivity index (χ1n) is 18.0. The number of thiophene rings is 1. The van der Waals surface area contributed by atoms with Crippen LogP contribution in [0, 0.1) is 0 Å². The Hall–Kier alpha value is -6.68. The van der Waals surface area contributed by atoms with Crippen LogP contribution >= 0.6 is 11.3 Å². The van der Waals surface area contributed by atoms with Gasteiger partial charge < -0.3 is 9.32 Å². The van der Waals surface area contributed by atoms with Gasteiger partial charge in [0, 0.05) is 53.4 Å². The van der Waals surface area contributed by atoms with Crippen molar-refractivity contribution in [1.82, 2.24) is 0 Å². The highest BCUT2D eigenvalue weighted by atomic mass is 32.1. The number of benzene rings is 9. The van der Waals surface area contributed by atoms with Crippen LogP contribution in [0.2, 0.25) is 0 Å². The molecule has 0 bridgehead atoms. The number of nitrogens with zero attached hydrogens (tertiary/aromatic N) is 1. The van der Waals surface area contributed by atoms with Crippen LogP contribution in [0.15, 0.2) is 192 Å². The van der Waals surface area contributed by atoms with Gasteiger partial charge in [0.1, 0.15) is 11.2 Å². The average molecular weight is 694 g/mol. The van der Waals surface area contributed by atoms with Crippen LogP contribution in [0.25, 0.3) is 85.9 Å². The van der Waals surface area contributed by atoms with Crippen molar-refractivity contribution in [2.24, 2.45) is 0 Å². The van der Waals surface area contributed by atoms with Crippen molar-refractivity contribution in [1.29, 1.82) is 0 Å². The molecule has 0 saturated carbocycles. The Morgan fingerprint density at radius 2 is 1.04 bits per heavy atom. The fraction of sp³-hybridized carbons (Fsp3) is 0. The smallest absolute Gasteiger partial charge is 0.143 e. The van der Waals surface area contributed by atoms with E-state index in [-0.39, 0.29) is 0 Å². The van der Waals surface area contributed by atoms with Gasteiger partial charge in [-0.1, -0.05) is 121 Å². The first kappa shape index (κ1) is 30.0. The molecule has 0 aliphatic carbocycles. The lowest BCUT2D eigenvalue weighted by atomic mass is 9.94. The van der Waals surface area contributed by atoms with Crippen molar-refractivity contribution in [3.63, 3.8) is 0 Å². The largest absolute Gasteiger partial charge is 0.455 e. The second kappa shape index (κ2) is 11.9. The lowest BCUT2D eigenvalue weighted by molar-refractivity contribution is 0.673. The topological polar surface area (TPSA) is 16.4 Å². The van der Waals surface area contributed by atoms with Gasteiger partial charge in [0.05, 0.1) is 0 Å². The van der Waals surface area contributed by atoms with Gasteiger partial charge in [0.15, 0.2) is 0 Å². The van der Waals surface area contributed by atoms with Crippen molar-refractivity contribution < 1.29 is 4.42 Å². The summed E-state index contributed by atoms with van der Waals surface area (Å²) in [6, 6.07) is 67.9. The summed E-state index contributed by atoms with van der Waals surface area (Å²) in [6.45, 7) is 0. The van der Waals surface area contributed by atoms with Gasteiger partial charge in [-0.15, -0.1) is 11.3 Å². The predicted molar refractivity (Wildman–Crippen MR) is 227 cm³/mol. The number of hydrogen-bond donors (Lipinski definition) is 0. The molecule has 0 aliphatic heterocycles. The number of fused-ring (bicyclic) bond motifs is 9. The summed E-state index contributed by atoms with van der Waals surface area (Å²) in [5.74, 6) is 0. The Balaban J connectivity index is 1.11. The van der Waals surface area contributed by atoms with Crippen LogP contribution in [0.5, 0.6) is 0 Å². The van der Waals surface area contributed by atoms with Crippen LogP contribution in [-0.4, -0.2) is 0 Å². The highest BCUT2D eigenvalue weighted by Gasteiger charge is 2.20. The lowest BCUT2D eigenvalue weighted by Gasteiger charge is -2.26. The Kier molecular flexibility index (Phi) is 6.76. The number of anilines is 3. The molecular weight excluding hydrogens is 663 g/mol. The summed E-state index contributed by atoms with van der Waals surface area (Å²) in [4.78, 5) is 2.34. The maximum atomic E-state index is 6.80. The third-order valence-corrected chi connectivity index (χ3v) is 11.8. The number of hydrogen-bond acceptors (Lipinski definition) is 3. The summed E-state index contributed by atoms with van der Waals surface area (Å²) in [7, 11) is 0. The van der Waals surface area contributed by atoms with E-state index in [2.05, 4.69) is 193 Å². The minimum Gasteiger partial charge on any atom is -0.455 e. The molecule has 11 rings (SSSR count). The van der Waals surface area contributed by atoms with Crippen molar-refractivity contribution in [2.45, 2.75) is 0 Å². The van der Waals surface area contributed by atoms with E-state index < -0.39 is 0 Å². The third-order valence-electron chi connectivity index (χ3n) is 10.6. The van der Waals surface area contributed by atoms with Gasteiger partial charge in [-0.3, -0.25) is 0 Å². The molecule has 53 heavy (non-hydrogen) atoms. The molecule has 0 aliphatic rings. The van der Waals surface area contributed by atoms with E-state index >= 15 is 0 Å². The minimum absolute atomic E-state index is 0.878. The molecule has 11 aromatic rings. The molecule has 0 amide bonds. The van der Waals surface area contributed by atoms with E-state index in [0.29, 0.717) is 0 Å². The Labute approximate surface area is 310 Å². The molecule has 0 saturated heterocycles. The maximum Gasteiger partial charge on any atom is 0.143 e. The molecular formula is C50H31NOS. The first-order valence-corrected chi connectivity index (χ1v) is 18.8. The fourth-order valence-electron chi connectivity index (χ4n) is 8.15. The fourth-order valence-corrected chi connectivity index (χ4v) is 9.24. The molecule has 9 aromatic carbocycles. The predicted octanol–water partition coefficient (Wildman–Crippen LogP) is 15.1. The normalized spacial score (nSPS) is 11.8. The lowest BCUT2D eigenvalue weighted by Crippen LogP contribution is -2.09. The molecule has 0 spiro atoms. The van der Waals surface area contributed by atoms with Crippen LogP contribution in [0.4, 0.5) is 17.1 Å². The highest BCUT2D eigenvalue weighted by Crippen LogP contribution is 2.45. The van der Waals surface area contributed by atoms with Gasteiger partial charge in [0.2, 0.25) is 0 Å². The van der Waals surface area contributed by atoms with Crippen molar-refractivity contribution in [2.75, 3.05) is 4.90 Å². The number of rotatable bonds is 5. The van der Waals surface area contributed by atoms with Crippen LogP contribution in [0.3, 0.4) is 0 Å². The molecule has 248 valence electrons. The standard InChI is InChI=1S/C50H31NOS/c1-2-14-36(15-3-1)51(37-24-21-33(22-25-37)40-19-10-13-32-11-4-6-16-39(32)40)38-26-27-46-45(31-38)49-43(29-34-12-5-7-17-41(34)50(49)52-46)35-23-28-48-44(30-35)42-18-8-9-20-47(42)53-48/h1-31H. The molecule has 0 radical (unpaired) electrons. The Morgan fingerprint density at radius 3 is 1.91 bits per heavy atom. The summed E-state index contributed by atoms with van der Waals surface area (Å²) in [6.07, 6.45) is 0. The Morgan fingerprint density at radius 1 is 0.377 bits per heavy atom. The zero-order valence-electron chi connectivity index (χ0n) is 28.7. The summed E-state index contributed by atoms with van der Waals surface area (Å²) >= 11 is 1.85. The summed E-state index contributed by atoms with van der Waals surface area (Å²) < 4.78 is 9.42. The Bertz CT molecular complexity index is 3170. The van der Waals surface area contributed by atoms with Crippen LogP contribution in [0.1, 0.15) is 0 Å². The van der Waals surface area contributed by atoms with Gasteiger partial charge in [0.25, 0.3) is 0 Å². The second-order valence-corrected chi connectivity index (χ2v) is 14.8. The molecule has 0 fully saturated rings. The van der Waals surface area contributed by atoms with E-state index in [1.54, 1.807) is 0 Å². The number of para-hydroxylation sites is 1. The van der Waals surface area contributed by atoms with Gasteiger partial charge in [-0.2, -0.15) is 0 Å².